The van der Waals surface area contributed by atoms with E-state index < -0.39 is 0 Å². The molecule has 0 aliphatic heterocycles. The van der Waals surface area contributed by atoms with E-state index in [-0.39, 0.29) is 12.5 Å². The number of nitrogens with one attached hydrogen (secondary N) is 1. The third-order valence-electron chi connectivity index (χ3n) is 3.35. The Morgan fingerprint density at radius 1 is 1.12 bits per heavy atom. The summed E-state index contributed by atoms with van der Waals surface area (Å²) in [4.78, 5) is 13.4. The fraction of sp³-hybridized carbons (Fsp3) is 0.176. The summed E-state index contributed by atoms with van der Waals surface area (Å²) in [7, 11) is 0. The molecule has 7 heteroatoms. The minimum atomic E-state index is -0.195. The first kappa shape index (κ1) is 16.3. The van der Waals surface area contributed by atoms with Gasteiger partial charge >= 0.3 is 0 Å². The van der Waals surface area contributed by atoms with Crippen LogP contribution >= 0.6 is 15.9 Å². The third-order valence-corrected chi connectivity index (χ3v) is 3.87. The van der Waals surface area contributed by atoms with Gasteiger partial charge in [-0.05, 0) is 66.6 Å². The van der Waals surface area contributed by atoms with Crippen molar-refractivity contribution in [3.63, 3.8) is 0 Å². The third kappa shape index (κ3) is 4.05. The molecular weight excluding hydrogens is 370 g/mol. The smallest absolute Gasteiger partial charge is 0.248 e. The van der Waals surface area contributed by atoms with Crippen molar-refractivity contribution in [1.29, 1.82) is 0 Å². The highest BCUT2D eigenvalue weighted by Gasteiger charge is 2.10. The number of hydrogen-bond donors (Lipinski definition) is 1. The van der Waals surface area contributed by atoms with Crippen LogP contribution in [0.1, 0.15) is 11.1 Å². The fourth-order valence-electron chi connectivity index (χ4n) is 2.40. The van der Waals surface area contributed by atoms with Crippen molar-refractivity contribution >= 4 is 27.5 Å². The lowest BCUT2D eigenvalue weighted by Crippen LogP contribution is -2.20. The van der Waals surface area contributed by atoms with Crippen LogP contribution in [0.2, 0.25) is 0 Å². The van der Waals surface area contributed by atoms with Gasteiger partial charge in [0.05, 0.1) is 0 Å². The molecule has 1 aromatic heterocycles. The number of nitrogens with zero attached hydrogens (tertiary/aromatic N) is 4. The maximum Gasteiger partial charge on any atom is 0.248 e. The topological polar surface area (TPSA) is 72.7 Å². The summed E-state index contributed by atoms with van der Waals surface area (Å²) in [5.74, 6) is 0.293. The van der Waals surface area contributed by atoms with Gasteiger partial charge in [0.25, 0.3) is 0 Å². The SMILES string of the molecule is Cc1cc(C)cc(NC(=O)Cn2nnc(-c3ccc(Br)cc3)n2)c1. The molecule has 0 bridgehead atoms. The Kier molecular flexibility index (Phi) is 4.71. The molecule has 0 aliphatic carbocycles. The lowest BCUT2D eigenvalue weighted by molar-refractivity contribution is -0.117. The van der Waals surface area contributed by atoms with Crippen molar-refractivity contribution < 1.29 is 4.79 Å². The molecule has 0 spiro atoms. The number of carbonyl (C=O) groups is 1. The maximum atomic E-state index is 12.1. The Balaban J connectivity index is 1.68. The number of aromatic nitrogens is 4. The van der Waals surface area contributed by atoms with E-state index in [0.29, 0.717) is 5.82 Å². The van der Waals surface area contributed by atoms with Gasteiger partial charge in [-0.3, -0.25) is 4.79 Å². The number of halogens is 1. The summed E-state index contributed by atoms with van der Waals surface area (Å²) >= 11 is 3.38. The quantitative estimate of drug-likeness (QED) is 0.747. The number of rotatable bonds is 4. The van der Waals surface area contributed by atoms with Gasteiger partial charge in [-0.1, -0.05) is 22.0 Å². The number of hydrogen-bond acceptors (Lipinski definition) is 4. The summed E-state index contributed by atoms with van der Waals surface area (Å²) in [6.45, 7) is 3.99. The van der Waals surface area contributed by atoms with E-state index in [1.165, 1.54) is 4.80 Å². The van der Waals surface area contributed by atoms with Crippen molar-refractivity contribution in [2.24, 2.45) is 0 Å². The molecule has 0 fully saturated rings. The maximum absolute atomic E-state index is 12.1. The standard InChI is InChI=1S/C17H16BrN5O/c1-11-7-12(2)9-15(8-11)19-16(24)10-23-21-17(20-22-23)13-3-5-14(18)6-4-13/h3-9H,10H2,1-2H3,(H,19,24). The monoisotopic (exact) mass is 385 g/mol. The van der Waals surface area contributed by atoms with Gasteiger partial charge < -0.3 is 5.32 Å². The molecule has 0 radical (unpaired) electrons. The molecule has 3 rings (SSSR count). The normalized spacial score (nSPS) is 10.6. The van der Waals surface area contributed by atoms with Crippen molar-refractivity contribution in [3.05, 3.63) is 58.1 Å². The molecule has 0 atom stereocenters. The molecule has 3 aromatic rings. The molecule has 122 valence electrons. The van der Waals surface area contributed by atoms with Crippen LogP contribution in [0.3, 0.4) is 0 Å². The highest BCUT2D eigenvalue weighted by atomic mass is 79.9. The average Bonchev–Trinajstić information content (AvgIpc) is 2.95. The second-order valence-corrected chi connectivity index (χ2v) is 6.49. The number of anilines is 1. The number of tetrazole rings is 1. The van der Waals surface area contributed by atoms with Crippen molar-refractivity contribution in [2.75, 3.05) is 5.32 Å². The molecule has 24 heavy (non-hydrogen) atoms. The molecule has 6 nitrogen and oxygen atoms in total. The van der Waals surface area contributed by atoms with Gasteiger partial charge in [-0.15, -0.1) is 10.2 Å². The molecule has 0 saturated heterocycles. The van der Waals surface area contributed by atoms with Crippen LogP contribution in [0.15, 0.2) is 46.9 Å². The molecule has 0 unspecified atom stereocenters. The molecule has 0 aliphatic rings. The van der Waals surface area contributed by atoms with E-state index in [9.17, 15) is 4.79 Å². The Hall–Kier alpha value is -2.54. The zero-order valence-electron chi connectivity index (χ0n) is 13.3. The minimum absolute atomic E-state index is 0.0104. The van der Waals surface area contributed by atoms with Crippen LogP contribution < -0.4 is 5.32 Å². The highest BCUT2D eigenvalue weighted by Crippen LogP contribution is 2.17. The van der Waals surface area contributed by atoms with Crippen LogP contribution in [0.4, 0.5) is 5.69 Å². The molecule has 2 aromatic carbocycles. The van der Waals surface area contributed by atoms with Gasteiger partial charge in [-0.2, -0.15) is 4.80 Å². The van der Waals surface area contributed by atoms with E-state index in [1.807, 2.05) is 50.2 Å². The van der Waals surface area contributed by atoms with E-state index >= 15 is 0 Å². The minimum Gasteiger partial charge on any atom is -0.324 e. The molecule has 1 N–H and O–H groups in total. The summed E-state index contributed by atoms with van der Waals surface area (Å²) in [5, 5.41) is 15.0. The van der Waals surface area contributed by atoms with Crippen LogP contribution in [0, 0.1) is 13.8 Å². The molecule has 0 saturated carbocycles. The van der Waals surface area contributed by atoms with Gasteiger partial charge in [-0.25, -0.2) is 0 Å². The number of carbonyl (C=O) groups excluding carboxylic acids is 1. The summed E-state index contributed by atoms with van der Waals surface area (Å²) in [6.07, 6.45) is 0. The molecule has 1 amide bonds. The number of amides is 1. The van der Waals surface area contributed by atoms with Crippen LogP contribution in [-0.4, -0.2) is 26.1 Å². The highest BCUT2D eigenvalue weighted by molar-refractivity contribution is 9.10. The van der Waals surface area contributed by atoms with Crippen molar-refractivity contribution in [3.8, 4) is 11.4 Å². The first-order valence-electron chi connectivity index (χ1n) is 7.41. The van der Waals surface area contributed by atoms with E-state index in [1.54, 1.807) is 0 Å². The zero-order valence-corrected chi connectivity index (χ0v) is 14.9. The predicted octanol–water partition coefficient (Wildman–Crippen LogP) is 3.36. The van der Waals surface area contributed by atoms with E-state index in [0.717, 1.165) is 26.9 Å². The van der Waals surface area contributed by atoms with Crippen LogP contribution in [-0.2, 0) is 11.3 Å². The average molecular weight is 386 g/mol. The van der Waals surface area contributed by atoms with Crippen molar-refractivity contribution in [1.82, 2.24) is 20.2 Å². The Bertz CT molecular complexity index is 853. The zero-order chi connectivity index (χ0) is 17.1. The molecular formula is C17H16BrN5O. The largest absolute Gasteiger partial charge is 0.324 e. The van der Waals surface area contributed by atoms with Crippen LogP contribution in [0.25, 0.3) is 11.4 Å². The Morgan fingerprint density at radius 2 is 1.79 bits per heavy atom. The van der Waals surface area contributed by atoms with Gasteiger partial charge in [0.1, 0.15) is 6.54 Å². The second kappa shape index (κ2) is 6.92. The first-order chi connectivity index (χ1) is 11.5. The molecule has 1 heterocycles. The number of benzene rings is 2. The van der Waals surface area contributed by atoms with Gasteiger partial charge in [0, 0.05) is 15.7 Å². The van der Waals surface area contributed by atoms with Crippen molar-refractivity contribution in [2.45, 2.75) is 20.4 Å². The number of aryl methyl sites for hydroxylation is 2. The summed E-state index contributed by atoms with van der Waals surface area (Å²) in [6, 6.07) is 13.5. The second-order valence-electron chi connectivity index (χ2n) is 5.57. The Labute approximate surface area is 148 Å². The van der Waals surface area contributed by atoms with E-state index in [4.69, 9.17) is 0 Å². The summed E-state index contributed by atoms with van der Waals surface area (Å²) in [5.41, 5.74) is 3.81. The lowest BCUT2D eigenvalue weighted by Gasteiger charge is -2.06. The first-order valence-corrected chi connectivity index (χ1v) is 8.21. The predicted molar refractivity (Wildman–Crippen MR) is 95.5 cm³/mol. The van der Waals surface area contributed by atoms with Gasteiger partial charge in [0.15, 0.2) is 0 Å². The summed E-state index contributed by atoms with van der Waals surface area (Å²) < 4.78 is 0.978. The van der Waals surface area contributed by atoms with Crippen LogP contribution in [0.5, 0.6) is 0 Å². The van der Waals surface area contributed by atoms with Gasteiger partial charge in [0.2, 0.25) is 11.7 Å². The Morgan fingerprint density at radius 3 is 2.46 bits per heavy atom. The van der Waals surface area contributed by atoms with E-state index in [2.05, 4.69) is 42.7 Å². The lowest BCUT2D eigenvalue weighted by atomic mass is 10.1. The fourth-order valence-corrected chi connectivity index (χ4v) is 2.66.